The van der Waals surface area contributed by atoms with E-state index < -0.39 is 0 Å². The number of pyridine rings is 1. The molecule has 6 nitrogen and oxygen atoms in total. The highest BCUT2D eigenvalue weighted by molar-refractivity contribution is 6.31. The summed E-state index contributed by atoms with van der Waals surface area (Å²) in [5.41, 5.74) is 3.01. The highest BCUT2D eigenvalue weighted by Crippen LogP contribution is 2.45. The lowest BCUT2D eigenvalue weighted by molar-refractivity contribution is -0.120. The predicted octanol–water partition coefficient (Wildman–Crippen LogP) is 5.38. The number of hydrogen-bond acceptors (Lipinski definition) is 4. The topological polar surface area (TPSA) is 83.1 Å². The van der Waals surface area contributed by atoms with Gasteiger partial charge in [-0.25, -0.2) is 4.98 Å². The molecule has 1 aliphatic rings. The van der Waals surface area contributed by atoms with E-state index in [1.54, 1.807) is 37.3 Å². The third kappa shape index (κ3) is 5.21. The van der Waals surface area contributed by atoms with Gasteiger partial charge in [0, 0.05) is 30.4 Å². The standard InChI is InChI=1S/C24H22Cl2N4O2/c1-15(31)30-24(10-11-24)17-4-2-16(3-5-17)13-27-21-8-6-18(25)12-20(21)23(32)29-22-9-7-19(26)14-28-22/h2-9,12,14,27H,10-11,13H2,1H3,(H,30,31)(H,28,29,32). The molecule has 1 fully saturated rings. The zero-order valence-corrected chi connectivity index (χ0v) is 18.9. The zero-order valence-electron chi connectivity index (χ0n) is 17.4. The second-order valence-electron chi connectivity index (χ2n) is 7.82. The Morgan fingerprint density at radius 1 is 1.00 bits per heavy atom. The Kier molecular flexibility index (Phi) is 6.35. The fourth-order valence-corrected chi connectivity index (χ4v) is 3.86. The third-order valence-corrected chi connectivity index (χ3v) is 5.81. The molecule has 3 N–H and O–H groups in total. The van der Waals surface area contributed by atoms with Crippen LogP contribution >= 0.6 is 23.2 Å². The van der Waals surface area contributed by atoms with Crippen LogP contribution in [0.5, 0.6) is 0 Å². The van der Waals surface area contributed by atoms with Crippen molar-refractivity contribution in [2.45, 2.75) is 31.8 Å². The first-order valence-electron chi connectivity index (χ1n) is 10.2. The van der Waals surface area contributed by atoms with Crippen LogP contribution in [0, 0.1) is 0 Å². The van der Waals surface area contributed by atoms with Gasteiger partial charge in [0.25, 0.3) is 5.91 Å². The summed E-state index contributed by atoms with van der Waals surface area (Å²) in [7, 11) is 0. The van der Waals surface area contributed by atoms with Crippen molar-refractivity contribution in [2.24, 2.45) is 0 Å². The minimum Gasteiger partial charge on any atom is -0.380 e. The van der Waals surface area contributed by atoms with E-state index in [0.717, 1.165) is 24.0 Å². The minimum absolute atomic E-state index is 0.0180. The maximum Gasteiger partial charge on any atom is 0.258 e. The number of aromatic nitrogens is 1. The largest absolute Gasteiger partial charge is 0.380 e. The number of nitrogens with zero attached hydrogens (tertiary/aromatic N) is 1. The molecule has 1 aliphatic carbocycles. The van der Waals surface area contributed by atoms with Crippen LogP contribution in [0.1, 0.15) is 41.3 Å². The molecule has 1 heterocycles. The van der Waals surface area contributed by atoms with Crippen LogP contribution in [-0.4, -0.2) is 16.8 Å². The quantitative estimate of drug-likeness (QED) is 0.434. The lowest BCUT2D eigenvalue weighted by Crippen LogP contribution is -2.32. The molecule has 3 aromatic rings. The number of anilines is 2. The van der Waals surface area contributed by atoms with E-state index in [9.17, 15) is 9.59 Å². The number of benzene rings is 2. The van der Waals surface area contributed by atoms with E-state index in [2.05, 4.69) is 20.9 Å². The average Bonchev–Trinajstić information content (AvgIpc) is 3.54. The average molecular weight is 469 g/mol. The van der Waals surface area contributed by atoms with Crippen molar-refractivity contribution in [1.29, 1.82) is 0 Å². The summed E-state index contributed by atoms with van der Waals surface area (Å²) in [6, 6.07) is 16.5. The van der Waals surface area contributed by atoms with Crippen LogP contribution in [0.25, 0.3) is 0 Å². The summed E-state index contributed by atoms with van der Waals surface area (Å²) >= 11 is 12.0. The van der Waals surface area contributed by atoms with E-state index >= 15 is 0 Å². The molecular formula is C24H22Cl2N4O2. The van der Waals surface area contributed by atoms with Crippen LogP contribution in [0.2, 0.25) is 10.0 Å². The van der Waals surface area contributed by atoms with Gasteiger partial charge in [-0.1, -0.05) is 47.5 Å². The molecule has 0 saturated heterocycles. The van der Waals surface area contributed by atoms with Crippen molar-refractivity contribution in [3.05, 3.63) is 87.5 Å². The highest BCUT2D eigenvalue weighted by Gasteiger charge is 2.44. The van der Waals surface area contributed by atoms with Gasteiger partial charge in [-0.3, -0.25) is 9.59 Å². The highest BCUT2D eigenvalue weighted by atomic mass is 35.5. The van der Waals surface area contributed by atoms with Gasteiger partial charge < -0.3 is 16.0 Å². The number of carbonyl (C=O) groups excluding carboxylic acids is 2. The molecule has 0 bridgehead atoms. The second kappa shape index (κ2) is 9.18. The summed E-state index contributed by atoms with van der Waals surface area (Å²) < 4.78 is 0. The van der Waals surface area contributed by atoms with Gasteiger partial charge in [0.15, 0.2) is 0 Å². The van der Waals surface area contributed by atoms with Crippen LogP contribution < -0.4 is 16.0 Å². The molecule has 0 radical (unpaired) electrons. The molecule has 2 amide bonds. The first kappa shape index (κ1) is 22.1. The molecule has 164 valence electrons. The maximum absolute atomic E-state index is 12.8. The van der Waals surface area contributed by atoms with Gasteiger partial charge >= 0.3 is 0 Å². The van der Waals surface area contributed by atoms with Crippen molar-refractivity contribution in [2.75, 3.05) is 10.6 Å². The molecule has 4 rings (SSSR count). The fourth-order valence-electron chi connectivity index (χ4n) is 3.58. The summed E-state index contributed by atoms with van der Waals surface area (Å²) in [5.74, 6) is 0.0517. The van der Waals surface area contributed by atoms with Crippen LogP contribution in [0.4, 0.5) is 11.5 Å². The normalized spacial score (nSPS) is 13.8. The zero-order chi connectivity index (χ0) is 22.7. The molecule has 0 aliphatic heterocycles. The lowest BCUT2D eigenvalue weighted by Gasteiger charge is -2.17. The van der Waals surface area contributed by atoms with E-state index in [-0.39, 0.29) is 17.4 Å². The molecule has 0 unspecified atom stereocenters. The summed E-state index contributed by atoms with van der Waals surface area (Å²) in [6.45, 7) is 2.07. The fraction of sp³-hybridized carbons (Fsp3) is 0.208. The van der Waals surface area contributed by atoms with Crippen molar-refractivity contribution < 1.29 is 9.59 Å². The summed E-state index contributed by atoms with van der Waals surface area (Å²) in [5, 5.41) is 10.1. The monoisotopic (exact) mass is 468 g/mol. The molecule has 1 saturated carbocycles. The molecular weight excluding hydrogens is 447 g/mol. The number of amides is 2. The first-order valence-corrected chi connectivity index (χ1v) is 10.9. The SMILES string of the molecule is CC(=O)NC1(c2ccc(CNc3ccc(Cl)cc3C(=O)Nc3ccc(Cl)cn3)cc2)CC1. The summed E-state index contributed by atoms with van der Waals surface area (Å²) in [4.78, 5) is 28.4. The van der Waals surface area contributed by atoms with Crippen molar-refractivity contribution in [1.82, 2.24) is 10.3 Å². The third-order valence-electron chi connectivity index (χ3n) is 5.35. The van der Waals surface area contributed by atoms with E-state index in [0.29, 0.717) is 33.7 Å². The Balaban J connectivity index is 1.45. The van der Waals surface area contributed by atoms with Crippen molar-refractivity contribution in [3.8, 4) is 0 Å². The predicted molar refractivity (Wildman–Crippen MR) is 127 cm³/mol. The molecule has 1 aromatic heterocycles. The number of nitrogens with one attached hydrogen (secondary N) is 3. The van der Waals surface area contributed by atoms with Crippen LogP contribution in [0.15, 0.2) is 60.8 Å². The Bertz CT molecular complexity index is 1140. The van der Waals surface area contributed by atoms with Gasteiger partial charge in [-0.05, 0) is 54.3 Å². The van der Waals surface area contributed by atoms with Gasteiger partial charge in [-0.15, -0.1) is 0 Å². The smallest absolute Gasteiger partial charge is 0.258 e. The van der Waals surface area contributed by atoms with E-state index in [1.165, 1.54) is 6.20 Å². The summed E-state index contributed by atoms with van der Waals surface area (Å²) in [6.07, 6.45) is 3.38. The van der Waals surface area contributed by atoms with Gasteiger partial charge in [0.1, 0.15) is 5.82 Å². The molecule has 2 aromatic carbocycles. The number of rotatable bonds is 7. The van der Waals surface area contributed by atoms with Gasteiger partial charge in [0.05, 0.1) is 16.1 Å². The second-order valence-corrected chi connectivity index (χ2v) is 8.69. The van der Waals surface area contributed by atoms with Gasteiger partial charge in [0.2, 0.25) is 5.91 Å². The molecule has 32 heavy (non-hydrogen) atoms. The van der Waals surface area contributed by atoms with Gasteiger partial charge in [-0.2, -0.15) is 0 Å². The van der Waals surface area contributed by atoms with Crippen LogP contribution in [0.3, 0.4) is 0 Å². The minimum atomic E-state index is -0.328. The molecule has 8 heteroatoms. The Hall–Kier alpha value is -3.09. The molecule has 0 atom stereocenters. The Morgan fingerprint density at radius 3 is 2.34 bits per heavy atom. The Morgan fingerprint density at radius 2 is 1.72 bits per heavy atom. The Labute approximate surface area is 196 Å². The number of halogens is 2. The van der Waals surface area contributed by atoms with Crippen LogP contribution in [-0.2, 0) is 16.9 Å². The maximum atomic E-state index is 12.8. The number of carbonyl (C=O) groups is 2. The first-order chi connectivity index (χ1) is 15.3. The van der Waals surface area contributed by atoms with E-state index in [4.69, 9.17) is 23.2 Å². The van der Waals surface area contributed by atoms with Crippen molar-refractivity contribution in [3.63, 3.8) is 0 Å². The number of hydrogen-bond donors (Lipinski definition) is 3. The van der Waals surface area contributed by atoms with E-state index in [1.807, 2.05) is 24.3 Å². The van der Waals surface area contributed by atoms with Crippen molar-refractivity contribution >= 4 is 46.5 Å². The molecule has 0 spiro atoms. The lowest BCUT2D eigenvalue weighted by atomic mass is 10.0.